The summed E-state index contributed by atoms with van der Waals surface area (Å²) in [6, 6.07) is 0. The fourth-order valence-electron chi connectivity index (χ4n) is 10.0. The zero-order valence-corrected chi connectivity index (χ0v) is 45.3. The molecule has 79 heavy (non-hydrogen) atoms. The maximum atomic E-state index is 11.3. The molecule has 16 N–H and O–H groups in total. The van der Waals surface area contributed by atoms with E-state index in [9.17, 15) is 81.7 Å². The smallest absolute Gasteiger partial charge is 0.187 e. The van der Waals surface area contributed by atoms with Crippen LogP contribution in [0.5, 0.6) is 0 Å². The maximum Gasteiger partial charge on any atom is 0.187 e. The van der Waals surface area contributed by atoms with Gasteiger partial charge in [0.15, 0.2) is 37.7 Å². The monoisotopic (exact) mass is 1150 g/mol. The lowest BCUT2D eigenvalue weighted by atomic mass is 9.96. The van der Waals surface area contributed by atoms with Gasteiger partial charge in [-0.05, 0) is 74.1 Å². The summed E-state index contributed by atoms with van der Waals surface area (Å²) in [5.74, 6) is 0. The molecule has 0 aromatic rings. The van der Waals surface area contributed by atoms with Gasteiger partial charge in [0, 0.05) is 0 Å². The van der Waals surface area contributed by atoms with E-state index in [1.807, 2.05) is 19.9 Å². The van der Waals surface area contributed by atoms with Crippen LogP contribution >= 0.6 is 0 Å². The van der Waals surface area contributed by atoms with E-state index in [1.54, 1.807) is 13.0 Å². The molecule has 6 aliphatic heterocycles. The second kappa shape index (κ2) is 29.8. The number of ether oxygens (including phenoxy) is 12. The van der Waals surface area contributed by atoms with Crippen molar-refractivity contribution in [2.24, 2.45) is 0 Å². The van der Waals surface area contributed by atoms with Gasteiger partial charge in [-0.3, -0.25) is 0 Å². The Morgan fingerprint density at radius 1 is 0.342 bits per heavy atom. The van der Waals surface area contributed by atoms with Crippen LogP contribution in [0.4, 0.5) is 0 Å². The van der Waals surface area contributed by atoms with Gasteiger partial charge in [0.05, 0.1) is 50.8 Å². The average molecular weight is 1150 g/mol. The van der Waals surface area contributed by atoms with E-state index in [-0.39, 0.29) is 13.2 Å². The molecule has 0 bridgehead atoms. The van der Waals surface area contributed by atoms with Gasteiger partial charge < -0.3 is 139 Å². The van der Waals surface area contributed by atoms with Crippen molar-refractivity contribution in [2.45, 2.75) is 258 Å². The molecule has 0 saturated carbocycles. The molecule has 0 aromatic heterocycles. The van der Waals surface area contributed by atoms with Crippen LogP contribution in [0.2, 0.25) is 0 Å². The number of aliphatic hydroxyl groups is 16. The van der Waals surface area contributed by atoms with Crippen LogP contribution in [0, 0.1) is 0 Å². The second-order valence-corrected chi connectivity index (χ2v) is 21.4. The molecule has 6 aliphatic rings. The SMILES string of the molecule is CC(=CCCC(C)=CCOC1OC(CO)C(O)C(OC2OC(C)C(OC3OC(C)C(O)C(O)C3O)C(O)C2O)C1O)CCC=C(C)COC1OC(CO)C(O)C(OC2OC(C)C(OC3OC(C)C(O)C(O)C3O)C(O)C2O)C1O. The van der Waals surface area contributed by atoms with Crippen molar-refractivity contribution in [3.05, 3.63) is 34.9 Å². The van der Waals surface area contributed by atoms with Gasteiger partial charge in [-0.1, -0.05) is 34.9 Å². The van der Waals surface area contributed by atoms with Gasteiger partial charge in [-0.25, -0.2) is 0 Å². The van der Waals surface area contributed by atoms with Gasteiger partial charge >= 0.3 is 0 Å². The van der Waals surface area contributed by atoms with E-state index in [1.165, 1.54) is 27.7 Å². The second-order valence-electron chi connectivity index (χ2n) is 21.4. The summed E-state index contributed by atoms with van der Waals surface area (Å²) in [6.45, 7) is 10.0. The van der Waals surface area contributed by atoms with E-state index < -0.39 is 197 Å². The average Bonchev–Trinajstić information content (AvgIpc) is 3.41. The molecule has 6 saturated heterocycles. The van der Waals surface area contributed by atoms with Crippen molar-refractivity contribution in [1.29, 1.82) is 0 Å². The molecule has 0 spiro atoms. The minimum atomic E-state index is -1.83. The number of allylic oxidation sites excluding steroid dienone is 4. The van der Waals surface area contributed by atoms with Crippen molar-refractivity contribution in [3.63, 3.8) is 0 Å². The molecule has 28 heteroatoms. The first-order valence-corrected chi connectivity index (χ1v) is 26.8. The summed E-state index contributed by atoms with van der Waals surface area (Å²) < 4.78 is 68.5. The summed E-state index contributed by atoms with van der Waals surface area (Å²) >= 11 is 0. The van der Waals surface area contributed by atoms with Crippen LogP contribution in [0.3, 0.4) is 0 Å². The lowest BCUT2D eigenvalue weighted by Crippen LogP contribution is -2.65. The Labute approximate surface area is 457 Å². The highest BCUT2D eigenvalue weighted by molar-refractivity contribution is 5.07. The Balaban J connectivity index is 0.919. The number of hydrogen-bond acceptors (Lipinski definition) is 28. The Morgan fingerprint density at radius 3 is 1.09 bits per heavy atom. The van der Waals surface area contributed by atoms with E-state index in [2.05, 4.69) is 6.08 Å². The van der Waals surface area contributed by atoms with E-state index in [0.29, 0.717) is 25.7 Å². The third-order valence-electron chi connectivity index (χ3n) is 15.2. The number of aliphatic hydroxyl groups excluding tert-OH is 16. The summed E-state index contributed by atoms with van der Waals surface area (Å²) in [6.07, 6.45) is -36.0. The van der Waals surface area contributed by atoms with Crippen molar-refractivity contribution in [1.82, 2.24) is 0 Å². The zero-order valence-electron chi connectivity index (χ0n) is 45.3. The normalized spacial score (nSPS) is 47.8. The summed E-state index contributed by atoms with van der Waals surface area (Å²) in [5, 5.41) is 170. The molecule has 0 aliphatic carbocycles. The molecule has 458 valence electrons. The largest absolute Gasteiger partial charge is 0.394 e. The van der Waals surface area contributed by atoms with Crippen LogP contribution in [-0.2, 0) is 56.8 Å². The number of rotatable bonds is 22. The predicted molar refractivity (Wildman–Crippen MR) is 264 cm³/mol. The molecular formula is C51H86O28. The molecule has 6 fully saturated rings. The highest BCUT2D eigenvalue weighted by atomic mass is 16.8. The molecular weight excluding hydrogens is 1060 g/mol. The molecule has 6 heterocycles. The Kier molecular flexibility index (Phi) is 25.0. The van der Waals surface area contributed by atoms with E-state index in [4.69, 9.17) is 56.8 Å². The fraction of sp³-hybridized carbons (Fsp3) is 0.882. The predicted octanol–water partition coefficient (Wildman–Crippen LogP) is -5.57. The van der Waals surface area contributed by atoms with Crippen molar-refractivity contribution in [2.75, 3.05) is 26.4 Å². The highest BCUT2D eigenvalue weighted by Gasteiger charge is 2.55. The quantitative estimate of drug-likeness (QED) is 0.0450. The minimum absolute atomic E-state index is 0.0191. The third kappa shape index (κ3) is 16.1. The van der Waals surface area contributed by atoms with Crippen molar-refractivity contribution >= 4 is 0 Å². The van der Waals surface area contributed by atoms with Crippen LogP contribution in [0.15, 0.2) is 34.9 Å². The van der Waals surface area contributed by atoms with Crippen LogP contribution in [0.1, 0.15) is 74.1 Å². The highest BCUT2D eigenvalue weighted by Crippen LogP contribution is 2.35. The topological polar surface area (TPSA) is 434 Å². The first-order chi connectivity index (χ1) is 37.3. The Morgan fingerprint density at radius 2 is 0.684 bits per heavy atom. The lowest BCUT2D eigenvalue weighted by Gasteiger charge is -2.47. The van der Waals surface area contributed by atoms with Gasteiger partial charge in [-0.15, -0.1) is 0 Å². The Hall–Kier alpha value is -1.90. The lowest BCUT2D eigenvalue weighted by molar-refractivity contribution is -0.375. The zero-order chi connectivity index (χ0) is 58.3. The molecule has 0 radical (unpaired) electrons. The van der Waals surface area contributed by atoms with Crippen molar-refractivity contribution in [3.8, 4) is 0 Å². The molecule has 30 atom stereocenters. The van der Waals surface area contributed by atoms with Crippen LogP contribution in [0.25, 0.3) is 0 Å². The van der Waals surface area contributed by atoms with E-state index >= 15 is 0 Å². The summed E-state index contributed by atoms with van der Waals surface area (Å²) in [5.41, 5.74) is 2.81. The molecule has 28 nitrogen and oxygen atoms in total. The van der Waals surface area contributed by atoms with Gasteiger partial charge in [-0.2, -0.15) is 0 Å². The molecule has 0 amide bonds. The van der Waals surface area contributed by atoms with Crippen LogP contribution < -0.4 is 0 Å². The van der Waals surface area contributed by atoms with Gasteiger partial charge in [0.25, 0.3) is 0 Å². The fourth-order valence-corrected chi connectivity index (χ4v) is 10.0. The van der Waals surface area contributed by atoms with Gasteiger partial charge in [0.1, 0.15) is 122 Å². The third-order valence-corrected chi connectivity index (χ3v) is 15.2. The maximum absolute atomic E-state index is 11.3. The first kappa shape index (κ1) is 66.2. The summed E-state index contributed by atoms with van der Waals surface area (Å²) in [4.78, 5) is 0. The molecule has 30 unspecified atom stereocenters. The molecule has 6 rings (SSSR count). The van der Waals surface area contributed by atoms with Crippen LogP contribution in [-0.4, -0.2) is 292 Å². The molecule has 0 aromatic carbocycles. The van der Waals surface area contributed by atoms with Crippen molar-refractivity contribution < 1.29 is 139 Å². The Bertz CT molecular complexity index is 1950. The summed E-state index contributed by atoms with van der Waals surface area (Å²) in [7, 11) is 0. The standard InChI is InChI=1S/C51H86O28/c1-19(11-9-13-21(3)18-69-47-41(67)45(31(57)27(17-53)75-47)79-51-39(65)35(61)43(25(7)73-51)77-49-37(63)33(59)29(55)23(5)71-49)10-8-12-20(2)14-15-68-46-40(66)44(30(56)26(16-52)74-46)78-50-38(64)34(60)42(24(6)72-50)76-48-36(62)32(58)28(54)22(4)70-48/h10,13-14,22-67H,8-9,11-12,15-18H2,1-7H3. The minimum Gasteiger partial charge on any atom is -0.394 e. The van der Waals surface area contributed by atoms with E-state index in [0.717, 1.165) is 16.7 Å². The van der Waals surface area contributed by atoms with Gasteiger partial charge in [0.2, 0.25) is 0 Å². The first-order valence-electron chi connectivity index (χ1n) is 26.8. The number of hydrogen-bond donors (Lipinski definition) is 16.